The zero-order valence-corrected chi connectivity index (χ0v) is 15.7. The van der Waals surface area contributed by atoms with E-state index in [-0.39, 0.29) is 5.97 Å². The number of fused-ring (bicyclic) bond motifs is 1. The fraction of sp³-hybridized carbons (Fsp3) is 0.227. The molecule has 3 aromatic rings. The summed E-state index contributed by atoms with van der Waals surface area (Å²) in [5, 5.41) is 4.47. The van der Waals surface area contributed by atoms with Crippen molar-refractivity contribution in [3.8, 4) is 11.3 Å². The Bertz CT molecular complexity index is 969. The van der Waals surface area contributed by atoms with E-state index in [1.165, 1.54) is 22.9 Å². The Balaban J connectivity index is 1.97. The van der Waals surface area contributed by atoms with Crippen LogP contribution >= 0.6 is 0 Å². The van der Waals surface area contributed by atoms with Crippen LogP contribution in [0.15, 0.2) is 60.3 Å². The number of rotatable bonds is 5. The quantitative estimate of drug-likeness (QED) is 0.519. The lowest BCUT2D eigenvalue weighted by Gasteiger charge is -2.11. The van der Waals surface area contributed by atoms with Crippen molar-refractivity contribution in [2.75, 3.05) is 11.9 Å². The molecule has 1 N–H and O–H groups in total. The van der Waals surface area contributed by atoms with Crippen molar-refractivity contribution in [1.29, 1.82) is 0 Å². The maximum absolute atomic E-state index is 11.6. The number of aryl methyl sites for hydroxylation is 2. The Labute approximate surface area is 154 Å². The normalized spacial score (nSPS) is 11.6. The van der Waals surface area contributed by atoms with Crippen LogP contribution in [0.3, 0.4) is 0 Å². The van der Waals surface area contributed by atoms with Gasteiger partial charge < -0.3 is 14.6 Å². The molecule has 0 unspecified atom stereocenters. The molecular formula is C22H24N2O2. The van der Waals surface area contributed by atoms with Gasteiger partial charge >= 0.3 is 5.97 Å². The number of carbonyl (C=O) groups excluding carboxylic acids is 1. The molecule has 0 saturated heterocycles. The average molecular weight is 348 g/mol. The summed E-state index contributed by atoms with van der Waals surface area (Å²) in [4.78, 5) is 11.6. The largest absolute Gasteiger partial charge is 0.463 e. The van der Waals surface area contributed by atoms with Gasteiger partial charge in [-0.05, 0) is 50.1 Å². The second kappa shape index (κ2) is 7.48. The van der Waals surface area contributed by atoms with Crippen LogP contribution in [0.25, 0.3) is 22.2 Å². The Morgan fingerprint density at radius 3 is 2.62 bits per heavy atom. The van der Waals surface area contributed by atoms with Crippen LogP contribution in [0.2, 0.25) is 0 Å². The van der Waals surface area contributed by atoms with E-state index in [4.69, 9.17) is 4.74 Å². The molecule has 0 fully saturated rings. The molecule has 0 aliphatic rings. The molecule has 0 atom stereocenters. The summed E-state index contributed by atoms with van der Waals surface area (Å²) in [5.41, 5.74) is 6.41. The summed E-state index contributed by atoms with van der Waals surface area (Å²) in [6, 6.07) is 16.8. The number of carbonyl (C=O) groups is 1. The number of allylic oxidation sites excluding steroid dienone is 1. The molecule has 0 aliphatic heterocycles. The summed E-state index contributed by atoms with van der Waals surface area (Å²) in [5.74, 6) is -0.331. The summed E-state index contributed by atoms with van der Waals surface area (Å²) < 4.78 is 7.17. The molecule has 1 heterocycles. The second-order valence-corrected chi connectivity index (χ2v) is 6.38. The first-order chi connectivity index (χ1) is 12.5. The molecule has 26 heavy (non-hydrogen) atoms. The first-order valence-electron chi connectivity index (χ1n) is 8.77. The number of aromatic nitrogens is 1. The van der Waals surface area contributed by atoms with Crippen molar-refractivity contribution < 1.29 is 9.53 Å². The first kappa shape index (κ1) is 17.8. The predicted octanol–water partition coefficient (Wildman–Crippen LogP) is 5.03. The first-order valence-corrected chi connectivity index (χ1v) is 8.77. The lowest BCUT2D eigenvalue weighted by Crippen LogP contribution is -2.05. The van der Waals surface area contributed by atoms with Gasteiger partial charge in [0.05, 0.1) is 6.61 Å². The third kappa shape index (κ3) is 3.64. The van der Waals surface area contributed by atoms with Crippen molar-refractivity contribution >= 4 is 22.6 Å². The highest BCUT2D eigenvalue weighted by Crippen LogP contribution is 2.31. The number of hydrogen-bond acceptors (Lipinski definition) is 3. The number of anilines is 1. The van der Waals surface area contributed by atoms with E-state index in [2.05, 4.69) is 66.3 Å². The average Bonchev–Trinajstić information content (AvgIpc) is 2.92. The van der Waals surface area contributed by atoms with E-state index in [1.54, 1.807) is 6.92 Å². The minimum atomic E-state index is -0.331. The number of nitrogens with one attached hydrogen (secondary N) is 1. The van der Waals surface area contributed by atoms with E-state index < -0.39 is 0 Å². The van der Waals surface area contributed by atoms with Gasteiger partial charge in [0.2, 0.25) is 0 Å². The Morgan fingerprint density at radius 1 is 1.19 bits per heavy atom. The maximum Gasteiger partial charge on any atom is 0.332 e. The van der Waals surface area contributed by atoms with E-state index in [1.807, 2.05) is 13.0 Å². The fourth-order valence-corrected chi connectivity index (χ4v) is 3.12. The van der Waals surface area contributed by atoms with Gasteiger partial charge in [0.15, 0.2) is 0 Å². The molecule has 3 rings (SSSR count). The zero-order valence-electron chi connectivity index (χ0n) is 15.7. The minimum Gasteiger partial charge on any atom is -0.463 e. The summed E-state index contributed by atoms with van der Waals surface area (Å²) in [6.07, 6.45) is 1.48. The molecule has 0 saturated carbocycles. The maximum atomic E-state index is 11.6. The van der Waals surface area contributed by atoms with Crippen LogP contribution in [0.4, 0.5) is 5.69 Å². The topological polar surface area (TPSA) is 43.3 Å². The van der Waals surface area contributed by atoms with Gasteiger partial charge in [0.1, 0.15) is 0 Å². The van der Waals surface area contributed by atoms with Gasteiger partial charge in [-0.25, -0.2) is 4.79 Å². The number of hydrogen-bond donors (Lipinski definition) is 1. The third-order valence-corrected chi connectivity index (χ3v) is 4.41. The lowest BCUT2D eigenvalue weighted by molar-refractivity contribution is -0.137. The number of benzene rings is 2. The van der Waals surface area contributed by atoms with Crippen molar-refractivity contribution in [3.63, 3.8) is 0 Å². The molecule has 134 valence electrons. The molecular weight excluding hydrogens is 324 g/mol. The van der Waals surface area contributed by atoms with Crippen molar-refractivity contribution in [2.24, 2.45) is 7.05 Å². The van der Waals surface area contributed by atoms with Crippen LogP contribution in [0.5, 0.6) is 0 Å². The third-order valence-electron chi connectivity index (χ3n) is 4.41. The van der Waals surface area contributed by atoms with Crippen LogP contribution in [0, 0.1) is 6.92 Å². The van der Waals surface area contributed by atoms with Crippen molar-refractivity contribution in [3.05, 3.63) is 65.9 Å². The molecule has 0 aliphatic carbocycles. The van der Waals surface area contributed by atoms with Crippen LogP contribution in [-0.2, 0) is 16.6 Å². The molecule has 0 radical (unpaired) electrons. The van der Waals surface area contributed by atoms with E-state index >= 15 is 0 Å². The second-order valence-electron chi connectivity index (χ2n) is 6.38. The van der Waals surface area contributed by atoms with Crippen molar-refractivity contribution in [2.45, 2.75) is 20.8 Å². The van der Waals surface area contributed by atoms with Gasteiger partial charge in [0.25, 0.3) is 0 Å². The molecule has 0 amide bonds. The Morgan fingerprint density at radius 2 is 1.92 bits per heavy atom. The smallest absolute Gasteiger partial charge is 0.332 e. The molecule has 0 spiro atoms. The van der Waals surface area contributed by atoms with Gasteiger partial charge in [-0.3, -0.25) is 0 Å². The van der Waals surface area contributed by atoms with Crippen LogP contribution in [-0.4, -0.2) is 17.1 Å². The molecule has 4 nitrogen and oxygen atoms in total. The summed E-state index contributed by atoms with van der Waals surface area (Å²) in [6.45, 7) is 6.10. The Hall–Kier alpha value is -3.01. The van der Waals surface area contributed by atoms with E-state index in [0.717, 1.165) is 22.3 Å². The molecule has 0 bridgehead atoms. The van der Waals surface area contributed by atoms with Gasteiger partial charge in [-0.1, -0.05) is 30.3 Å². The van der Waals surface area contributed by atoms with Crippen LogP contribution < -0.4 is 5.32 Å². The molecule has 2 aromatic carbocycles. The number of ether oxygens (including phenoxy) is 1. The molecule has 1 aromatic heterocycles. The van der Waals surface area contributed by atoms with Crippen molar-refractivity contribution in [1.82, 2.24) is 4.57 Å². The minimum absolute atomic E-state index is 0.331. The summed E-state index contributed by atoms with van der Waals surface area (Å²) >= 11 is 0. The van der Waals surface area contributed by atoms with Crippen LogP contribution in [0.1, 0.15) is 19.4 Å². The van der Waals surface area contributed by atoms with Gasteiger partial charge in [-0.15, -0.1) is 0 Å². The standard InChI is InChI=1S/C22H24N2O2/c1-5-26-22(25)12-16(3)23-19-13-18-14-21(17-9-7-6-8-10-17)24(4)20(18)11-15(19)2/h6-14,23H,5H2,1-4H3/b16-12+. The fourth-order valence-electron chi connectivity index (χ4n) is 3.12. The predicted molar refractivity (Wildman–Crippen MR) is 107 cm³/mol. The monoisotopic (exact) mass is 348 g/mol. The molecule has 4 heteroatoms. The van der Waals surface area contributed by atoms with Gasteiger partial charge in [-0.2, -0.15) is 0 Å². The number of esters is 1. The summed E-state index contributed by atoms with van der Waals surface area (Å²) in [7, 11) is 2.09. The van der Waals surface area contributed by atoms with E-state index in [0.29, 0.717) is 6.61 Å². The van der Waals surface area contributed by atoms with Gasteiger partial charge in [0, 0.05) is 41.1 Å². The number of nitrogens with zero attached hydrogens (tertiary/aromatic N) is 1. The zero-order chi connectivity index (χ0) is 18.7. The lowest BCUT2D eigenvalue weighted by atomic mass is 10.1. The highest BCUT2D eigenvalue weighted by atomic mass is 16.5. The highest BCUT2D eigenvalue weighted by Gasteiger charge is 2.10. The SMILES string of the molecule is CCOC(=O)/C=C(\C)Nc1cc2cc(-c3ccccc3)n(C)c2cc1C. The Kier molecular flexibility index (Phi) is 5.12. The highest BCUT2D eigenvalue weighted by molar-refractivity contribution is 5.91. The van der Waals surface area contributed by atoms with E-state index in [9.17, 15) is 4.79 Å².